The summed E-state index contributed by atoms with van der Waals surface area (Å²) in [7, 11) is 0. The molecule has 1 heterocycles. The van der Waals surface area contributed by atoms with Gasteiger partial charge in [-0.1, -0.05) is 36.2 Å². The molecule has 1 aliphatic heterocycles. The van der Waals surface area contributed by atoms with Crippen molar-refractivity contribution >= 4 is 27.5 Å². The smallest absolute Gasteiger partial charge is 0.244 e. The summed E-state index contributed by atoms with van der Waals surface area (Å²) < 4.78 is 1.05. The maximum Gasteiger partial charge on any atom is 0.244 e. The summed E-state index contributed by atoms with van der Waals surface area (Å²) in [5.41, 5.74) is 1.73. The van der Waals surface area contributed by atoms with Crippen LogP contribution in [0.5, 0.6) is 0 Å². The minimum Gasteiger partial charge on any atom is -0.324 e. The van der Waals surface area contributed by atoms with Gasteiger partial charge in [-0.3, -0.25) is 4.79 Å². The average Bonchev–Trinajstić information content (AvgIpc) is 2.91. The summed E-state index contributed by atoms with van der Waals surface area (Å²) in [5, 5.41) is 6.55. The molecule has 1 aromatic carbocycles. The van der Waals surface area contributed by atoms with E-state index >= 15 is 0 Å². The molecule has 1 saturated heterocycles. The van der Waals surface area contributed by atoms with Crippen LogP contribution < -0.4 is 10.6 Å². The van der Waals surface area contributed by atoms with Crippen molar-refractivity contribution in [1.82, 2.24) is 5.32 Å². The number of amides is 1. The molecule has 0 bridgehead atoms. The Labute approximate surface area is 129 Å². The minimum absolute atomic E-state index is 0.119. The first-order chi connectivity index (χ1) is 9.61. The van der Waals surface area contributed by atoms with E-state index in [1.54, 1.807) is 0 Å². The third kappa shape index (κ3) is 3.23. The lowest BCUT2D eigenvalue weighted by Crippen LogP contribution is -2.50. The highest BCUT2D eigenvalue weighted by Gasteiger charge is 2.39. The molecule has 20 heavy (non-hydrogen) atoms. The van der Waals surface area contributed by atoms with Gasteiger partial charge in [-0.05, 0) is 56.0 Å². The molecule has 0 aliphatic carbocycles. The quantitative estimate of drug-likeness (QED) is 0.855. The molecule has 2 N–H and O–H groups in total. The number of hydrogen-bond donors (Lipinski definition) is 2. The molecule has 1 aromatic rings. The molecule has 1 fully saturated rings. The SMILES string of the molecule is CCCC1(C(=O)Nc2ccc(Br)cc2CC)CCCN1. The summed E-state index contributed by atoms with van der Waals surface area (Å²) in [6.45, 7) is 5.17. The maximum absolute atomic E-state index is 12.7. The van der Waals surface area contributed by atoms with E-state index in [1.165, 1.54) is 0 Å². The molecule has 1 amide bonds. The molecular weight excluding hydrogens is 316 g/mol. The van der Waals surface area contributed by atoms with E-state index in [9.17, 15) is 4.79 Å². The van der Waals surface area contributed by atoms with Gasteiger partial charge >= 0.3 is 0 Å². The van der Waals surface area contributed by atoms with Crippen molar-refractivity contribution in [2.45, 2.75) is 51.5 Å². The van der Waals surface area contributed by atoms with Gasteiger partial charge in [0.1, 0.15) is 0 Å². The van der Waals surface area contributed by atoms with Crippen LogP contribution in [-0.4, -0.2) is 18.0 Å². The van der Waals surface area contributed by atoms with Gasteiger partial charge in [0.15, 0.2) is 0 Å². The zero-order valence-corrected chi connectivity index (χ0v) is 13.8. The fraction of sp³-hybridized carbons (Fsp3) is 0.562. The normalized spacial score (nSPS) is 21.9. The fourth-order valence-electron chi connectivity index (χ4n) is 2.97. The number of aryl methyl sites for hydroxylation is 1. The molecule has 4 heteroatoms. The molecule has 0 radical (unpaired) electrons. The van der Waals surface area contributed by atoms with Crippen LogP contribution in [0.2, 0.25) is 0 Å². The van der Waals surface area contributed by atoms with Crippen LogP contribution in [-0.2, 0) is 11.2 Å². The Morgan fingerprint density at radius 3 is 2.85 bits per heavy atom. The van der Waals surface area contributed by atoms with Crippen molar-refractivity contribution in [3.8, 4) is 0 Å². The Morgan fingerprint density at radius 1 is 1.45 bits per heavy atom. The highest BCUT2D eigenvalue weighted by Crippen LogP contribution is 2.28. The van der Waals surface area contributed by atoms with Crippen molar-refractivity contribution < 1.29 is 4.79 Å². The van der Waals surface area contributed by atoms with E-state index < -0.39 is 0 Å². The standard InChI is InChI=1S/C16H23BrN2O/c1-3-8-16(9-5-10-18-16)15(20)19-14-7-6-13(17)11-12(14)4-2/h6-7,11,18H,3-5,8-10H2,1-2H3,(H,19,20). The molecule has 0 saturated carbocycles. The van der Waals surface area contributed by atoms with Gasteiger partial charge in [-0.2, -0.15) is 0 Å². The minimum atomic E-state index is -0.368. The third-order valence-electron chi connectivity index (χ3n) is 4.05. The first kappa shape index (κ1) is 15.5. The maximum atomic E-state index is 12.7. The molecule has 0 spiro atoms. The zero-order valence-electron chi connectivity index (χ0n) is 12.3. The van der Waals surface area contributed by atoms with Gasteiger partial charge in [-0.15, -0.1) is 0 Å². The first-order valence-electron chi connectivity index (χ1n) is 7.46. The molecule has 2 rings (SSSR count). The summed E-state index contributed by atoms with van der Waals surface area (Å²) in [4.78, 5) is 12.7. The molecule has 0 aromatic heterocycles. The van der Waals surface area contributed by atoms with Crippen molar-refractivity contribution in [2.24, 2.45) is 0 Å². The molecule has 1 aliphatic rings. The number of benzene rings is 1. The van der Waals surface area contributed by atoms with Gasteiger partial charge in [0.2, 0.25) is 5.91 Å². The Morgan fingerprint density at radius 2 is 2.25 bits per heavy atom. The average molecular weight is 339 g/mol. The zero-order chi connectivity index (χ0) is 14.6. The highest BCUT2D eigenvalue weighted by molar-refractivity contribution is 9.10. The topological polar surface area (TPSA) is 41.1 Å². The van der Waals surface area contributed by atoms with Gasteiger partial charge in [0.05, 0.1) is 5.54 Å². The van der Waals surface area contributed by atoms with Crippen molar-refractivity contribution in [3.05, 3.63) is 28.2 Å². The van der Waals surface area contributed by atoms with Crippen LogP contribution in [0.15, 0.2) is 22.7 Å². The van der Waals surface area contributed by atoms with Gasteiger partial charge in [0, 0.05) is 10.2 Å². The lowest BCUT2D eigenvalue weighted by Gasteiger charge is -2.28. The third-order valence-corrected chi connectivity index (χ3v) is 4.54. The first-order valence-corrected chi connectivity index (χ1v) is 8.25. The second-order valence-corrected chi connectivity index (χ2v) is 6.39. The van der Waals surface area contributed by atoms with Gasteiger partial charge < -0.3 is 10.6 Å². The summed E-state index contributed by atoms with van der Waals surface area (Å²) >= 11 is 3.48. The second kappa shape index (κ2) is 6.72. The van der Waals surface area contributed by atoms with E-state index in [0.29, 0.717) is 0 Å². The van der Waals surface area contributed by atoms with Crippen LogP contribution >= 0.6 is 15.9 Å². The van der Waals surface area contributed by atoms with Crippen LogP contribution in [0.25, 0.3) is 0 Å². The lowest BCUT2D eigenvalue weighted by atomic mass is 9.90. The molecular formula is C16H23BrN2O. The lowest BCUT2D eigenvalue weighted by molar-refractivity contribution is -0.122. The molecule has 1 atom stereocenters. The fourth-order valence-corrected chi connectivity index (χ4v) is 3.38. The number of carbonyl (C=O) groups excluding carboxylic acids is 1. The monoisotopic (exact) mass is 338 g/mol. The van der Waals surface area contributed by atoms with Crippen LogP contribution in [0.1, 0.15) is 45.1 Å². The van der Waals surface area contributed by atoms with E-state index in [2.05, 4.69) is 46.5 Å². The predicted octanol–water partition coefficient (Wildman–Crippen LogP) is 3.87. The Bertz CT molecular complexity index is 481. The van der Waals surface area contributed by atoms with Crippen molar-refractivity contribution in [1.29, 1.82) is 0 Å². The van der Waals surface area contributed by atoms with Crippen LogP contribution in [0.4, 0.5) is 5.69 Å². The number of carbonyl (C=O) groups is 1. The number of hydrogen-bond acceptors (Lipinski definition) is 2. The highest BCUT2D eigenvalue weighted by atomic mass is 79.9. The molecule has 1 unspecified atom stereocenters. The Hall–Kier alpha value is -0.870. The Kier molecular flexibility index (Phi) is 5.22. The molecule has 3 nitrogen and oxygen atoms in total. The van der Waals surface area contributed by atoms with Crippen LogP contribution in [0.3, 0.4) is 0 Å². The summed E-state index contributed by atoms with van der Waals surface area (Å²) in [6.07, 6.45) is 4.83. The predicted molar refractivity (Wildman–Crippen MR) is 87.0 cm³/mol. The van der Waals surface area contributed by atoms with Crippen molar-refractivity contribution in [2.75, 3.05) is 11.9 Å². The Balaban J connectivity index is 2.18. The van der Waals surface area contributed by atoms with Gasteiger partial charge in [-0.25, -0.2) is 0 Å². The van der Waals surface area contributed by atoms with E-state index in [-0.39, 0.29) is 11.4 Å². The second-order valence-electron chi connectivity index (χ2n) is 5.47. The van der Waals surface area contributed by atoms with Crippen LogP contribution in [0, 0.1) is 0 Å². The number of rotatable bonds is 5. The van der Waals surface area contributed by atoms with E-state index in [1.807, 2.05) is 12.1 Å². The van der Waals surface area contributed by atoms with E-state index in [0.717, 1.165) is 54.4 Å². The largest absolute Gasteiger partial charge is 0.324 e. The van der Waals surface area contributed by atoms with Crippen molar-refractivity contribution in [3.63, 3.8) is 0 Å². The number of nitrogens with one attached hydrogen (secondary N) is 2. The molecule has 110 valence electrons. The summed E-state index contributed by atoms with van der Waals surface area (Å²) in [5.74, 6) is 0.119. The van der Waals surface area contributed by atoms with E-state index in [4.69, 9.17) is 0 Å². The number of anilines is 1. The number of halogens is 1. The van der Waals surface area contributed by atoms with Gasteiger partial charge in [0.25, 0.3) is 0 Å². The summed E-state index contributed by atoms with van der Waals surface area (Å²) in [6, 6.07) is 6.03.